The molecule has 1 saturated carbocycles. The van der Waals surface area contributed by atoms with Gasteiger partial charge in [-0.25, -0.2) is 0 Å². The number of nitrogens with one attached hydrogen (secondary N) is 1. The second-order valence-electron chi connectivity index (χ2n) is 8.15. The van der Waals surface area contributed by atoms with Crippen LogP contribution < -0.4 is 10.1 Å². The molecule has 1 saturated heterocycles. The first-order valence-corrected chi connectivity index (χ1v) is 13.3. The van der Waals surface area contributed by atoms with Crippen molar-refractivity contribution in [3.8, 4) is 5.75 Å². The number of methoxy groups -OCH3 is 2. The first-order chi connectivity index (χ1) is 14.6. The molecule has 4 rings (SSSR count). The zero-order chi connectivity index (χ0) is 21.1. The third kappa shape index (κ3) is 4.56. The molecule has 159 valence electrons. The quantitative estimate of drug-likeness (QED) is 0.475. The molecule has 2 aromatic carbocycles. The molecule has 0 amide bonds. The van der Waals surface area contributed by atoms with Gasteiger partial charge in [0.1, 0.15) is 0 Å². The van der Waals surface area contributed by atoms with Gasteiger partial charge in [-0.05, 0) is 0 Å². The molecule has 1 radical (unpaired) electrons. The first-order valence-electron chi connectivity index (χ1n) is 10.5. The Bertz CT molecular complexity index is 878. The fourth-order valence-corrected chi connectivity index (χ4v) is 8.76. The number of fused-ring (bicyclic) bond motifs is 2. The van der Waals surface area contributed by atoms with Crippen LogP contribution in [0.5, 0.6) is 5.75 Å². The molecule has 2 fully saturated rings. The van der Waals surface area contributed by atoms with Crippen molar-refractivity contribution in [3.63, 3.8) is 0 Å². The van der Waals surface area contributed by atoms with E-state index in [9.17, 15) is 4.79 Å². The van der Waals surface area contributed by atoms with Crippen LogP contribution in [0.25, 0.3) is 0 Å². The molecule has 2 aliphatic rings. The van der Waals surface area contributed by atoms with Crippen LogP contribution in [0.15, 0.2) is 48.5 Å². The van der Waals surface area contributed by atoms with Crippen LogP contribution in [0.2, 0.25) is 9.73 Å². The summed E-state index contributed by atoms with van der Waals surface area (Å²) in [6.07, 6.45) is 3.05. The van der Waals surface area contributed by atoms with Gasteiger partial charge in [0.15, 0.2) is 0 Å². The van der Waals surface area contributed by atoms with E-state index in [4.69, 9.17) is 21.1 Å². The van der Waals surface area contributed by atoms with Gasteiger partial charge in [-0.2, -0.15) is 0 Å². The van der Waals surface area contributed by atoms with E-state index in [0.717, 1.165) is 35.2 Å². The average Bonchev–Trinajstić information content (AvgIpc) is 2.78. The Morgan fingerprint density at radius 3 is 2.70 bits per heavy atom. The molecule has 5 unspecified atom stereocenters. The van der Waals surface area contributed by atoms with Gasteiger partial charge in [0.25, 0.3) is 0 Å². The molecule has 5 atom stereocenters. The summed E-state index contributed by atoms with van der Waals surface area (Å²) >= 11 is 6.28. The maximum atomic E-state index is 12.3. The fourth-order valence-electron chi connectivity index (χ4n) is 5.02. The molecule has 2 bridgehead atoms. The van der Waals surface area contributed by atoms with Crippen LogP contribution in [0.3, 0.4) is 0 Å². The third-order valence-corrected chi connectivity index (χ3v) is 10.2. The van der Waals surface area contributed by atoms with Crippen molar-refractivity contribution in [1.82, 2.24) is 5.32 Å². The number of piperidine rings is 1. The second kappa shape index (κ2) is 9.76. The van der Waals surface area contributed by atoms with Gasteiger partial charge in [-0.15, -0.1) is 0 Å². The predicted molar refractivity (Wildman–Crippen MR) is 120 cm³/mol. The number of esters is 1. The molecule has 1 N–H and O–H groups in total. The Kier molecular flexibility index (Phi) is 7.08. The molecular formula is C24H28AsClNO3. The van der Waals surface area contributed by atoms with E-state index in [-0.39, 0.29) is 39.7 Å². The predicted octanol–water partition coefficient (Wildman–Crippen LogP) is 4.64. The molecule has 1 aliphatic heterocycles. The monoisotopic (exact) mass is 488 g/mol. The van der Waals surface area contributed by atoms with E-state index in [2.05, 4.69) is 35.6 Å². The average molecular weight is 489 g/mol. The summed E-state index contributed by atoms with van der Waals surface area (Å²) in [4.78, 5) is 12.3. The molecule has 0 aromatic heterocycles. The Hall–Kier alpha value is -1.48. The molecule has 1 heterocycles. The van der Waals surface area contributed by atoms with E-state index in [0.29, 0.717) is 10.6 Å². The normalized spacial score (nSPS) is 28.4. The summed E-state index contributed by atoms with van der Waals surface area (Å²) in [5.74, 6) is 1.44. The SMILES string of the molecule is COC(=O)C1CCC2CC1NC(c1ccccc1)C2[As]Cc1cc(Cl)ccc1OC. The van der Waals surface area contributed by atoms with E-state index in [1.54, 1.807) is 7.11 Å². The van der Waals surface area contributed by atoms with Crippen LogP contribution in [-0.2, 0) is 14.7 Å². The van der Waals surface area contributed by atoms with Crippen molar-refractivity contribution < 1.29 is 14.3 Å². The van der Waals surface area contributed by atoms with Crippen molar-refractivity contribution in [2.24, 2.45) is 11.8 Å². The summed E-state index contributed by atoms with van der Waals surface area (Å²) in [5, 5.41) is 5.63. The van der Waals surface area contributed by atoms with Crippen LogP contribution in [0.4, 0.5) is 0 Å². The van der Waals surface area contributed by atoms with E-state index >= 15 is 0 Å². The van der Waals surface area contributed by atoms with E-state index in [1.807, 2.05) is 18.2 Å². The Morgan fingerprint density at radius 2 is 1.97 bits per heavy atom. The Labute approximate surface area is 190 Å². The Morgan fingerprint density at radius 1 is 1.17 bits per heavy atom. The Balaban J connectivity index is 1.58. The molecule has 0 spiro atoms. The van der Waals surface area contributed by atoms with Gasteiger partial charge in [0, 0.05) is 0 Å². The van der Waals surface area contributed by atoms with Crippen molar-refractivity contribution in [2.45, 2.75) is 41.3 Å². The zero-order valence-electron chi connectivity index (χ0n) is 17.4. The van der Waals surface area contributed by atoms with Crippen LogP contribution in [-0.4, -0.2) is 42.0 Å². The number of carbonyl (C=O) groups is 1. The molecule has 6 heteroatoms. The van der Waals surface area contributed by atoms with Gasteiger partial charge < -0.3 is 0 Å². The number of halogens is 1. The molecule has 30 heavy (non-hydrogen) atoms. The third-order valence-electron chi connectivity index (χ3n) is 6.49. The number of carbonyl (C=O) groups excluding carboxylic acids is 1. The summed E-state index contributed by atoms with van der Waals surface area (Å²) in [7, 11) is 3.22. The summed E-state index contributed by atoms with van der Waals surface area (Å²) in [5.41, 5.74) is 2.51. The van der Waals surface area contributed by atoms with Crippen molar-refractivity contribution >= 4 is 33.3 Å². The molecule has 1 aliphatic carbocycles. The van der Waals surface area contributed by atoms with Crippen molar-refractivity contribution in [3.05, 3.63) is 64.7 Å². The maximum absolute atomic E-state index is 12.3. The van der Waals surface area contributed by atoms with Gasteiger partial charge >= 0.3 is 191 Å². The van der Waals surface area contributed by atoms with Gasteiger partial charge in [-0.1, -0.05) is 0 Å². The first kappa shape index (κ1) is 21.7. The zero-order valence-corrected chi connectivity index (χ0v) is 20.0. The van der Waals surface area contributed by atoms with Crippen LogP contribution in [0, 0.1) is 11.8 Å². The molecular weight excluding hydrogens is 461 g/mol. The fraction of sp³-hybridized carbons (Fsp3) is 0.458. The number of rotatable bonds is 6. The number of benzene rings is 2. The molecule has 4 nitrogen and oxygen atoms in total. The van der Waals surface area contributed by atoms with Gasteiger partial charge in [0.05, 0.1) is 0 Å². The summed E-state index contributed by atoms with van der Waals surface area (Å²) in [6, 6.07) is 17.0. The summed E-state index contributed by atoms with van der Waals surface area (Å²) < 4.78 is 11.3. The van der Waals surface area contributed by atoms with E-state index in [1.165, 1.54) is 18.2 Å². The van der Waals surface area contributed by atoms with Gasteiger partial charge in [-0.3, -0.25) is 0 Å². The topological polar surface area (TPSA) is 47.6 Å². The summed E-state index contributed by atoms with van der Waals surface area (Å²) in [6.45, 7) is 0. The number of hydrogen-bond acceptors (Lipinski definition) is 4. The second-order valence-corrected chi connectivity index (χ2v) is 11.3. The van der Waals surface area contributed by atoms with Crippen LogP contribution >= 0.6 is 11.6 Å². The van der Waals surface area contributed by atoms with Crippen molar-refractivity contribution in [2.75, 3.05) is 14.2 Å². The van der Waals surface area contributed by atoms with Gasteiger partial charge in [0.2, 0.25) is 0 Å². The standard InChI is InChI=1S/C24H28AsClNO3/c1-29-21-11-9-18(26)12-17(21)14-25-22-16-8-10-19(24(28)30-2)20(13-16)27-23(22)15-6-4-3-5-7-15/h3-7,9,11-12,16,19-20,22-23,27H,8,10,13-14H2,1-2H3. The van der Waals surface area contributed by atoms with E-state index < -0.39 is 0 Å². The number of ether oxygens (including phenoxy) is 2. The molecule has 2 aromatic rings. The van der Waals surface area contributed by atoms with Crippen molar-refractivity contribution in [1.29, 1.82) is 0 Å². The minimum absolute atomic E-state index is 0.0179. The minimum atomic E-state index is -0.0758. The van der Waals surface area contributed by atoms with Crippen LogP contribution in [0.1, 0.15) is 36.4 Å². The number of hydrogen-bond donors (Lipinski definition) is 1.